The number of thiophene rings is 1. The monoisotopic (exact) mass is 275 g/mol. The molecule has 0 saturated heterocycles. The van der Waals surface area contributed by atoms with Gasteiger partial charge in [-0.15, -0.1) is 11.3 Å². The van der Waals surface area contributed by atoms with Gasteiger partial charge >= 0.3 is 0 Å². The first-order valence-electron chi connectivity index (χ1n) is 6.15. The summed E-state index contributed by atoms with van der Waals surface area (Å²) in [5.74, 6) is 0.880. The van der Waals surface area contributed by atoms with Gasteiger partial charge in [-0.25, -0.2) is 0 Å². The van der Waals surface area contributed by atoms with E-state index in [2.05, 4.69) is 0 Å². The summed E-state index contributed by atoms with van der Waals surface area (Å²) in [5.41, 5.74) is 1.21. The molecule has 3 nitrogen and oxygen atoms in total. The van der Waals surface area contributed by atoms with Crippen LogP contribution in [-0.4, -0.2) is 31.0 Å². The first-order chi connectivity index (χ1) is 9.16. The normalized spacial score (nSPS) is 10.2. The molecule has 0 fully saturated rings. The Kier molecular flexibility index (Phi) is 4.58. The van der Waals surface area contributed by atoms with Crippen molar-refractivity contribution in [2.75, 3.05) is 20.2 Å². The van der Waals surface area contributed by atoms with Crippen molar-refractivity contribution in [3.63, 3.8) is 0 Å². The van der Waals surface area contributed by atoms with E-state index in [4.69, 9.17) is 4.74 Å². The maximum Gasteiger partial charge on any atom is 0.263 e. The van der Waals surface area contributed by atoms with Crippen LogP contribution >= 0.6 is 11.3 Å². The van der Waals surface area contributed by atoms with Gasteiger partial charge in [0.05, 0.1) is 11.4 Å². The summed E-state index contributed by atoms with van der Waals surface area (Å²) >= 11 is 1.46. The van der Waals surface area contributed by atoms with Crippen LogP contribution in [0.3, 0.4) is 0 Å². The number of rotatable bonds is 5. The number of carbonyl (C=O) groups is 1. The van der Waals surface area contributed by atoms with Gasteiger partial charge in [0.1, 0.15) is 12.4 Å². The van der Waals surface area contributed by atoms with E-state index < -0.39 is 0 Å². The third kappa shape index (κ3) is 3.83. The fourth-order valence-electron chi connectivity index (χ4n) is 1.62. The molecule has 0 spiro atoms. The number of carbonyl (C=O) groups excluding carboxylic acids is 1. The van der Waals surface area contributed by atoms with Crippen LogP contribution < -0.4 is 4.74 Å². The highest BCUT2D eigenvalue weighted by atomic mass is 32.1. The molecule has 1 aromatic heterocycles. The lowest BCUT2D eigenvalue weighted by molar-refractivity contribution is 0.0778. The number of nitrogens with zero attached hydrogens (tertiary/aromatic N) is 1. The van der Waals surface area contributed by atoms with Gasteiger partial charge in [-0.2, -0.15) is 0 Å². The Morgan fingerprint density at radius 1 is 1.26 bits per heavy atom. The third-order valence-electron chi connectivity index (χ3n) is 2.80. The zero-order valence-corrected chi connectivity index (χ0v) is 11.9. The lowest BCUT2D eigenvalue weighted by atomic mass is 10.2. The van der Waals surface area contributed by atoms with E-state index in [0.717, 1.165) is 10.6 Å². The molecule has 0 atom stereocenters. The molecule has 100 valence electrons. The van der Waals surface area contributed by atoms with Gasteiger partial charge in [-0.3, -0.25) is 4.79 Å². The zero-order valence-electron chi connectivity index (χ0n) is 11.1. The van der Waals surface area contributed by atoms with Gasteiger partial charge < -0.3 is 9.64 Å². The minimum absolute atomic E-state index is 0.0440. The van der Waals surface area contributed by atoms with E-state index in [1.54, 1.807) is 11.9 Å². The molecule has 0 aliphatic rings. The molecule has 0 unspecified atom stereocenters. The van der Waals surface area contributed by atoms with Crippen LogP contribution in [0.2, 0.25) is 0 Å². The summed E-state index contributed by atoms with van der Waals surface area (Å²) in [7, 11) is 1.79. The fraction of sp³-hybridized carbons (Fsp3) is 0.267. The van der Waals surface area contributed by atoms with E-state index in [-0.39, 0.29) is 5.91 Å². The molecule has 0 aliphatic heterocycles. The summed E-state index contributed by atoms with van der Waals surface area (Å²) in [6.07, 6.45) is 0. The molecule has 0 bridgehead atoms. The predicted molar refractivity (Wildman–Crippen MR) is 78.0 cm³/mol. The molecule has 0 saturated carbocycles. The predicted octanol–water partition coefficient (Wildman–Crippen LogP) is 3.21. The van der Waals surface area contributed by atoms with E-state index >= 15 is 0 Å². The van der Waals surface area contributed by atoms with Crippen molar-refractivity contribution in [2.24, 2.45) is 0 Å². The number of likely N-dealkylation sites (N-methyl/N-ethyl adjacent to an activating group) is 1. The van der Waals surface area contributed by atoms with Crippen LogP contribution in [0.4, 0.5) is 0 Å². The van der Waals surface area contributed by atoms with Gasteiger partial charge in [0.2, 0.25) is 0 Å². The largest absolute Gasteiger partial charge is 0.492 e. The summed E-state index contributed by atoms with van der Waals surface area (Å²) in [4.78, 5) is 14.4. The maximum atomic E-state index is 12.0. The second kappa shape index (κ2) is 6.38. The van der Waals surface area contributed by atoms with Gasteiger partial charge in [0.25, 0.3) is 5.91 Å². The molecule has 4 heteroatoms. The molecule has 1 amide bonds. The smallest absolute Gasteiger partial charge is 0.263 e. The lowest BCUT2D eigenvalue weighted by Gasteiger charge is -2.16. The number of hydrogen-bond donors (Lipinski definition) is 0. The van der Waals surface area contributed by atoms with Crippen LogP contribution in [-0.2, 0) is 0 Å². The van der Waals surface area contributed by atoms with Crippen LogP contribution in [0.15, 0.2) is 41.8 Å². The van der Waals surface area contributed by atoms with Crippen molar-refractivity contribution in [3.05, 3.63) is 52.2 Å². The van der Waals surface area contributed by atoms with Gasteiger partial charge in [-0.05, 0) is 30.5 Å². The van der Waals surface area contributed by atoms with Crippen LogP contribution in [0.1, 0.15) is 15.2 Å². The average Bonchev–Trinajstić information content (AvgIpc) is 2.94. The summed E-state index contributed by atoms with van der Waals surface area (Å²) < 4.78 is 5.61. The van der Waals surface area contributed by atoms with Crippen molar-refractivity contribution in [1.82, 2.24) is 4.90 Å². The molecule has 0 radical (unpaired) electrons. The SMILES string of the molecule is Cc1ccc(OCCN(C)C(=O)c2cccs2)cc1. The van der Waals surface area contributed by atoms with Crippen molar-refractivity contribution >= 4 is 17.2 Å². The molecule has 2 rings (SSSR count). The third-order valence-corrected chi connectivity index (χ3v) is 3.65. The minimum Gasteiger partial charge on any atom is -0.492 e. The highest BCUT2D eigenvalue weighted by Crippen LogP contribution is 2.12. The highest BCUT2D eigenvalue weighted by molar-refractivity contribution is 7.12. The molecule has 0 aliphatic carbocycles. The van der Waals surface area contributed by atoms with E-state index in [0.29, 0.717) is 13.2 Å². The first-order valence-corrected chi connectivity index (χ1v) is 7.03. The van der Waals surface area contributed by atoms with Crippen LogP contribution in [0.25, 0.3) is 0 Å². The second-order valence-corrected chi connectivity index (χ2v) is 5.31. The highest BCUT2D eigenvalue weighted by Gasteiger charge is 2.11. The Labute approximate surface area is 117 Å². The maximum absolute atomic E-state index is 12.0. The number of benzene rings is 1. The van der Waals surface area contributed by atoms with E-state index in [9.17, 15) is 4.79 Å². The van der Waals surface area contributed by atoms with Gasteiger partial charge in [-0.1, -0.05) is 23.8 Å². The summed E-state index contributed by atoms with van der Waals surface area (Å²) in [6.45, 7) is 3.11. The Bertz CT molecular complexity index is 520. The molecular weight excluding hydrogens is 258 g/mol. The Morgan fingerprint density at radius 3 is 2.63 bits per heavy atom. The number of amides is 1. The van der Waals surface area contributed by atoms with Gasteiger partial charge in [0.15, 0.2) is 0 Å². The van der Waals surface area contributed by atoms with E-state index in [1.165, 1.54) is 16.9 Å². The first kappa shape index (κ1) is 13.6. The van der Waals surface area contributed by atoms with E-state index in [1.807, 2.05) is 48.7 Å². The average molecular weight is 275 g/mol. The molecule has 2 aromatic rings. The Hall–Kier alpha value is -1.81. The van der Waals surface area contributed by atoms with Gasteiger partial charge in [0, 0.05) is 7.05 Å². The molecule has 1 aromatic carbocycles. The molecule has 19 heavy (non-hydrogen) atoms. The summed E-state index contributed by atoms with van der Waals surface area (Å²) in [6, 6.07) is 11.6. The fourth-order valence-corrected chi connectivity index (χ4v) is 2.34. The molecule has 0 N–H and O–H groups in total. The lowest BCUT2D eigenvalue weighted by Crippen LogP contribution is -2.30. The number of hydrogen-bond acceptors (Lipinski definition) is 3. The topological polar surface area (TPSA) is 29.5 Å². The molecular formula is C15H17NO2S. The second-order valence-electron chi connectivity index (χ2n) is 4.37. The number of aryl methyl sites for hydroxylation is 1. The Balaban J connectivity index is 1.79. The standard InChI is InChI=1S/C15H17NO2S/c1-12-5-7-13(8-6-12)18-10-9-16(2)15(17)14-4-3-11-19-14/h3-8,11H,9-10H2,1-2H3. The zero-order chi connectivity index (χ0) is 13.7. The van der Waals surface area contributed by atoms with Crippen molar-refractivity contribution in [2.45, 2.75) is 6.92 Å². The quantitative estimate of drug-likeness (QED) is 0.838. The van der Waals surface area contributed by atoms with Crippen molar-refractivity contribution < 1.29 is 9.53 Å². The molecule has 1 heterocycles. The van der Waals surface area contributed by atoms with Crippen LogP contribution in [0.5, 0.6) is 5.75 Å². The van der Waals surface area contributed by atoms with Crippen molar-refractivity contribution in [1.29, 1.82) is 0 Å². The van der Waals surface area contributed by atoms with Crippen molar-refractivity contribution in [3.8, 4) is 5.75 Å². The van der Waals surface area contributed by atoms with Crippen LogP contribution in [0, 0.1) is 6.92 Å². The number of ether oxygens (including phenoxy) is 1. The summed E-state index contributed by atoms with van der Waals surface area (Å²) in [5, 5.41) is 1.91. The Morgan fingerprint density at radius 2 is 2.00 bits per heavy atom. The minimum atomic E-state index is 0.0440.